The van der Waals surface area contributed by atoms with Gasteiger partial charge in [0.2, 0.25) is 0 Å². The minimum Gasteiger partial charge on any atom is -0.310 e. The minimum atomic E-state index is -0.519. The van der Waals surface area contributed by atoms with E-state index in [2.05, 4.69) is 231 Å². The molecule has 0 fully saturated rings. The van der Waals surface area contributed by atoms with Gasteiger partial charge in [0.1, 0.15) is 0 Å². The maximum atomic E-state index is 2.50. The Kier molecular flexibility index (Phi) is 8.23. The molecule has 0 saturated carbocycles. The molecule has 9 aromatic rings. The Labute approximate surface area is 329 Å². The Morgan fingerprint density at radius 3 is 1.64 bits per heavy atom. The second-order valence-corrected chi connectivity index (χ2v) is 15.0. The lowest BCUT2D eigenvalue weighted by Crippen LogP contribution is -2.28. The molecule has 0 unspecified atom stereocenters. The fourth-order valence-corrected chi connectivity index (χ4v) is 9.23. The summed E-state index contributed by atoms with van der Waals surface area (Å²) < 4.78 is 0. The van der Waals surface area contributed by atoms with Crippen LogP contribution >= 0.6 is 0 Å². The van der Waals surface area contributed by atoms with Crippen LogP contribution in [0.3, 0.4) is 0 Å². The number of hydrogen-bond acceptors (Lipinski definition) is 1. The Morgan fingerprint density at radius 2 is 0.929 bits per heavy atom. The summed E-state index contributed by atoms with van der Waals surface area (Å²) in [5.74, 6) is 0. The zero-order chi connectivity index (χ0) is 37.6. The van der Waals surface area contributed by atoms with Crippen molar-refractivity contribution < 1.29 is 0 Å². The average molecular weight is 716 g/mol. The summed E-state index contributed by atoms with van der Waals surface area (Å²) in [4.78, 5) is 2.50. The van der Waals surface area contributed by atoms with E-state index in [4.69, 9.17) is 0 Å². The Hall–Kier alpha value is -6.96. The van der Waals surface area contributed by atoms with Gasteiger partial charge in [-0.2, -0.15) is 0 Å². The quantitative estimate of drug-likeness (QED) is 0.159. The molecule has 56 heavy (non-hydrogen) atoms. The van der Waals surface area contributed by atoms with E-state index in [1.165, 1.54) is 77.5 Å². The first-order valence-corrected chi connectivity index (χ1v) is 19.5. The summed E-state index contributed by atoms with van der Waals surface area (Å²) in [5, 5.41) is 2.43. The van der Waals surface area contributed by atoms with Gasteiger partial charge in [-0.15, -0.1) is 0 Å². The topological polar surface area (TPSA) is 3.24 Å². The zero-order valence-electron chi connectivity index (χ0n) is 31.7. The maximum Gasteiger partial charge on any atom is 0.0714 e. The lowest BCUT2D eigenvalue weighted by atomic mass is 9.67. The van der Waals surface area contributed by atoms with Crippen LogP contribution in [0.4, 0.5) is 17.1 Å². The van der Waals surface area contributed by atoms with Crippen molar-refractivity contribution in [3.05, 3.63) is 246 Å². The van der Waals surface area contributed by atoms with Gasteiger partial charge in [-0.05, 0) is 122 Å². The van der Waals surface area contributed by atoms with Crippen molar-refractivity contribution in [1.29, 1.82) is 0 Å². The molecule has 266 valence electrons. The van der Waals surface area contributed by atoms with Crippen molar-refractivity contribution >= 4 is 27.8 Å². The van der Waals surface area contributed by atoms with Gasteiger partial charge in [0.25, 0.3) is 0 Å². The van der Waals surface area contributed by atoms with E-state index in [0.717, 1.165) is 17.1 Å². The van der Waals surface area contributed by atoms with E-state index in [-0.39, 0.29) is 0 Å². The standard InChI is InChI=1S/C55H41N/c1-38-18-12-15-30-48(38)50-35-42-22-13-14-23-43(42)36-53(50)56(46-29-17-24-41(34-46)40-20-6-3-7-21-40)47-32-33-49-52(37-47)55(44-25-8-4-9-26-44,45-27-10-5-11-28-45)51-31-16-19-39(2)54(49)51/h3-37H,1-2H3. The number of aryl methyl sites for hydroxylation is 2. The summed E-state index contributed by atoms with van der Waals surface area (Å²) >= 11 is 0. The fraction of sp³-hybridized carbons (Fsp3) is 0.0545. The van der Waals surface area contributed by atoms with Gasteiger partial charge in [0.15, 0.2) is 0 Å². The van der Waals surface area contributed by atoms with Crippen LogP contribution in [0.1, 0.15) is 33.4 Å². The molecule has 0 atom stereocenters. The van der Waals surface area contributed by atoms with Crippen molar-refractivity contribution in [2.24, 2.45) is 0 Å². The molecule has 0 spiro atoms. The Bertz CT molecular complexity index is 2830. The second-order valence-electron chi connectivity index (χ2n) is 15.0. The van der Waals surface area contributed by atoms with Gasteiger partial charge in [-0.3, -0.25) is 0 Å². The van der Waals surface area contributed by atoms with Crippen LogP contribution < -0.4 is 4.90 Å². The molecule has 0 amide bonds. The number of nitrogens with zero attached hydrogens (tertiary/aromatic N) is 1. The van der Waals surface area contributed by atoms with Crippen LogP contribution in [0.15, 0.2) is 212 Å². The highest BCUT2D eigenvalue weighted by atomic mass is 15.1. The molecule has 0 aliphatic heterocycles. The maximum absolute atomic E-state index is 2.50. The molecule has 1 aliphatic rings. The summed E-state index contributed by atoms with van der Waals surface area (Å²) in [5.41, 5.74) is 17.9. The fourth-order valence-electron chi connectivity index (χ4n) is 9.23. The smallest absolute Gasteiger partial charge is 0.0714 e. The van der Waals surface area contributed by atoms with E-state index >= 15 is 0 Å². The number of fused-ring (bicyclic) bond motifs is 4. The van der Waals surface area contributed by atoms with Crippen molar-refractivity contribution in [1.82, 2.24) is 0 Å². The van der Waals surface area contributed by atoms with E-state index in [1.54, 1.807) is 0 Å². The van der Waals surface area contributed by atoms with Gasteiger partial charge in [0, 0.05) is 16.9 Å². The van der Waals surface area contributed by atoms with Gasteiger partial charge in [-0.1, -0.05) is 176 Å². The first-order chi connectivity index (χ1) is 27.6. The summed E-state index contributed by atoms with van der Waals surface area (Å²) in [7, 11) is 0. The summed E-state index contributed by atoms with van der Waals surface area (Å²) in [6.45, 7) is 4.48. The molecule has 1 aliphatic carbocycles. The first-order valence-electron chi connectivity index (χ1n) is 19.5. The number of anilines is 3. The normalized spacial score (nSPS) is 12.6. The predicted octanol–water partition coefficient (Wildman–Crippen LogP) is 14.6. The molecule has 1 nitrogen and oxygen atoms in total. The van der Waals surface area contributed by atoms with Crippen molar-refractivity contribution in [2.75, 3.05) is 4.90 Å². The first kappa shape index (κ1) is 33.6. The van der Waals surface area contributed by atoms with Gasteiger partial charge in [-0.25, -0.2) is 0 Å². The number of rotatable bonds is 7. The minimum absolute atomic E-state index is 0.519. The highest BCUT2D eigenvalue weighted by molar-refractivity contribution is 6.00. The molecule has 0 N–H and O–H groups in total. The van der Waals surface area contributed by atoms with Crippen molar-refractivity contribution in [3.8, 4) is 33.4 Å². The highest BCUT2D eigenvalue weighted by Crippen LogP contribution is 2.58. The second kappa shape index (κ2) is 13.7. The van der Waals surface area contributed by atoms with Gasteiger partial charge >= 0.3 is 0 Å². The van der Waals surface area contributed by atoms with E-state index < -0.39 is 5.41 Å². The molecular formula is C55H41N. The Balaban J connectivity index is 1.31. The molecular weight excluding hydrogens is 675 g/mol. The van der Waals surface area contributed by atoms with Gasteiger partial charge in [0.05, 0.1) is 11.1 Å². The molecule has 0 saturated heterocycles. The van der Waals surface area contributed by atoms with Crippen LogP contribution in [0, 0.1) is 13.8 Å². The van der Waals surface area contributed by atoms with Gasteiger partial charge < -0.3 is 4.90 Å². The van der Waals surface area contributed by atoms with E-state index in [1.807, 2.05) is 0 Å². The monoisotopic (exact) mass is 715 g/mol. The largest absolute Gasteiger partial charge is 0.310 e. The van der Waals surface area contributed by atoms with Crippen molar-refractivity contribution in [3.63, 3.8) is 0 Å². The number of benzene rings is 9. The SMILES string of the molecule is Cc1ccccc1-c1cc2ccccc2cc1N(c1cccc(-c2ccccc2)c1)c1ccc2c(c1)C(c1ccccc1)(c1ccccc1)c1cccc(C)c1-2. The molecule has 0 aromatic heterocycles. The third kappa shape index (κ3) is 5.39. The number of hydrogen-bond donors (Lipinski definition) is 0. The van der Waals surface area contributed by atoms with E-state index in [0.29, 0.717) is 0 Å². The summed E-state index contributed by atoms with van der Waals surface area (Å²) in [6.07, 6.45) is 0. The third-order valence-electron chi connectivity index (χ3n) is 11.8. The molecule has 0 radical (unpaired) electrons. The lowest BCUT2D eigenvalue weighted by Gasteiger charge is -2.35. The predicted molar refractivity (Wildman–Crippen MR) is 236 cm³/mol. The highest BCUT2D eigenvalue weighted by Gasteiger charge is 2.47. The lowest BCUT2D eigenvalue weighted by molar-refractivity contribution is 0.768. The van der Waals surface area contributed by atoms with Crippen LogP contribution in [0.5, 0.6) is 0 Å². The molecule has 0 bridgehead atoms. The Morgan fingerprint density at radius 1 is 0.357 bits per heavy atom. The average Bonchev–Trinajstić information content (AvgIpc) is 3.56. The van der Waals surface area contributed by atoms with E-state index in [9.17, 15) is 0 Å². The zero-order valence-corrected chi connectivity index (χ0v) is 31.7. The van der Waals surface area contributed by atoms with Crippen LogP contribution in [0.25, 0.3) is 44.2 Å². The van der Waals surface area contributed by atoms with Crippen LogP contribution in [-0.4, -0.2) is 0 Å². The molecule has 1 heteroatoms. The van der Waals surface area contributed by atoms with Crippen LogP contribution in [-0.2, 0) is 5.41 Å². The molecule has 9 aromatic carbocycles. The third-order valence-corrected chi connectivity index (χ3v) is 11.8. The molecule has 10 rings (SSSR count). The molecule has 0 heterocycles. The summed E-state index contributed by atoms with van der Waals surface area (Å²) in [6, 6.07) is 78.3. The van der Waals surface area contributed by atoms with Crippen LogP contribution in [0.2, 0.25) is 0 Å². The van der Waals surface area contributed by atoms with Crippen molar-refractivity contribution in [2.45, 2.75) is 19.3 Å².